The number of H-pyrrole nitrogens is 1. The Kier molecular flexibility index (Phi) is 9.50. The molecule has 40 heavy (non-hydrogen) atoms. The van der Waals surface area contributed by atoms with Crippen LogP contribution >= 0.6 is 0 Å². The van der Waals surface area contributed by atoms with Crippen molar-refractivity contribution < 1.29 is 4.79 Å². The number of aromatic nitrogens is 2. The van der Waals surface area contributed by atoms with Crippen LogP contribution in [0.2, 0.25) is 0 Å². The van der Waals surface area contributed by atoms with Gasteiger partial charge in [0.15, 0.2) is 0 Å². The second kappa shape index (κ2) is 13.0. The van der Waals surface area contributed by atoms with Crippen LogP contribution in [0, 0.1) is 19.3 Å². The van der Waals surface area contributed by atoms with Crippen LogP contribution in [0.3, 0.4) is 0 Å². The fourth-order valence-electron chi connectivity index (χ4n) is 5.24. The van der Waals surface area contributed by atoms with Crippen molar-refractivity contribution in [3.8, 4) is 11.3 Å². The third-order valence-electron chi connectivity index (χ3n) is 7.43. The highest BCUT2D eigenvalue weighted by Gasteiger charge is 2.21. The van der Waals surface area contributed by atoms with E-state index in [1.54, 1.807) is 6.07 Å². The summed E-state index contributed by atoms with van der Waals surface area (Å²) in [6, 6.07) is 12.3. The summed E-state index contributed by atoms with van der Waals surface area (Å²) < 4.78 is 0. The number of hydrogen-bond acceptors (Lipinski definition) is 7. The SMILES string of the molecule is Cc1cc(C)c(CNC(=O)c2cc(-c3ccc(CNC4CCCCC4N)cc3)nc(NC(C)C)c2C=N)c(=O)[nH]1. The monoisotopic (exact) mass is 543 g/mol. The highest BCUT2D eigenvalue weighted by atomic mass is 16.1. The Hall–Kier alpha value is -3.82. The van der Waals surface area contributed by atoms with Crippen LogP contribution in [-0.4, -0.2) is 40.2 Å². The molecule has 1 saturated carbocycles. The molecular formula is C31H41N7O2. The van der Waals surface area contributed by atoms with Crippen molar-refractivity contribution in [3.63, 3.8) is 0 Å². The minimum absolute atomic E-state index is 0.0470. The molecule has 1 aliphatic carbocycles. The van der Waals surface area contributed by atoms with E-state index in [4.69, 9.17) is 16.1 Å². The largest absolute Gasteiger partial charge is 0.367 e. The maximum absolute atomic E-state index is 13.4. The summed E-state index contributed by atoms with van der Waals surface area (Å²) in [5.41, 5.74) is 11.5. The normalized spacial score (nSPS) is 17.1. The molecule has 1 amide bonds. The average molecular weight is 544 g/mol. The number of nitrogens with two attached hydrogens (primary N) is 1. The first-order chi connectivity index (χ1) is 19.2. The number of aryl methyl sites for hydroxylation is 2. The molecule has 3 aromatic rings. The number of nitrogens with one attached hydrogen (secondary N) is 5. The van der Waals surface area contributed by atoms with Gasteiger partial charge >= 0.3 is 0 Å². The molecule has 0 aliphatic heterocycles. The molecule has 4 rings (SSSR count). The van der Waals surface area contributed by atoms with Crippen molar-refractivity contribution in [2.45, 2.75) is 84.6 Å². The van der Waals surface area contributed by atoms with Gasteiger partial charge < -0.3 is 32.1 Å². The summed E-state index contributed by atoms with van der Waals surface area (Å²) in [5.74, 6) is 0.0898. The van der Waals surface area contributed by atoms with Crippen molar-refractivity contribution in [2.24, 2.45) is 5.73 Å². The zero-order chi connectivity index (χ0) is 28.8. The molecule has 2 unspecified atom stereocenters. The van der Waals surface area contributed by atoms with E-state index in [-0.39, 0.29) is 30.1 Å². The van der Waals surface area contributed by atoms with Gasteiger partial charge in [0.05, 0.1) is 11.3 Å². The second-order valence-corrected chi connectivity index (χ2v) is 11.0. The number of rotatable bonds is 10. The zero-order valence-corrected chi connectivity index (χ0v) is 23.9. The molecule has 2 heterocycles. The van der Waals surface area contributed by atoms with Gasteiger partial charge in [-0.05, 0) is 63.8 Å². The van der Waals surface area contributed by atoms with Gasteiger partial charge in [0.2, 0.25) is 0 Å². The van der Waals surface area contributed by atoms with Crippen LogP contribution in [0.5, 0.6) is 0 Å². The molecule has 0 spiro atoms. The fourth-order valence-corrected chi connectivity index (χ4v) is 5.24. The minimum atomic E-state index is -0.377. The van der Waals surface area contributed by atoms with E-state index in [2.05, 4.69) is 33.1 Å². The summed E-state index contributed by atoms with van der Waals surface area (Å²) in [5, 5.41) is 17.8. The standard InChI is InChI=1S/C31H41N7O2/c1-18(2)36-29-24(15-32)23(30(39)35-17-25-19(3)13-20(4)37-31(25)40)14-28(38-29)22-11-9-21(10-12-22)16-34-27-8-6-5-7-26(27)33/h9-15,18,26-27,32,34H,5-8,16-17,33H2,1-4H3,(H,35,39)(H,36,38)(H,37,40). The van der Waals surface area contributed by atoms with Crippen molar-refractivity contribution in [1.29, 1.82) is 5.41 Å². The Balaban J connectivity index is 1.58. The number of carbonyl (C=O) groups is 1. The molecule has 2 aromatic heterocycles. The van der Waals surface area contributed by atoms with Crippen molar-refractivity contribution in [2.75, 3.05) is 5.32 Å². The van der Waals surface area contributed by atoms with Crippen LogP contribution in [0.25, 0.3) is 11.3 Å². The van der Waals surface area contributed by atoms with E-state index in [1.165, 1.54) is 12.8 Å². The maximum Gasteiger partial charge on any atom is 0.253 e. The molecule has 1 aliphatic rings. The first-order valence-electron chi connectivity index (χ1n) is 14.0. The van der Waals surface area contributed by atoms with Gasteiger partial charge in [-0.3, -0.25) is 9.59 Å². The highest BCUT2D eigenvalue weighted by Crippen LogP contribution is 2.26. The molecule has 0 saturated heterocycles. The third kappa shape index (κ3) is 7.03. The van der Waals surface area contributed by atoms with Crippen LogP contribution in [0.1, 0.15) is 77.8 Å². The summed E-state index contributed by atoms with van der Waals surface area (Å²) in [7, 11) is 0. The molecule has 9 heteroatoms. The van der Waals surface area contributed by atoms with Crippen molar-refractivity contribution >= 4 is 17.9 Å². The molecule has 0 bridgehead atoms. The van der Waals surface area contributed by atoms with Crippen molar-refractivity contribution in [1.82, 2.24) is 20.6 Å². The molecule has 2 atom stereocenters. The predicted molar refractivity (Wildman–Crippen MR) is 161 cm³/mol. The Bertz CT molecular complexity index is 1410. The lowest BCUT2D eigenvalue weighted by atomic mass is 9.91. The summed E-state index contributed by atoms with van der Waals surface area (Å²) in [6.45, 7) is 8.45. The van der Waals surface area contributed by atoms with Crippen LogP contribution in [-0.2, 0) is 13.1 Å². The first kappa shape index (κ1) is 29.2. The van der Waals surface area contributed by atoms with E-state index < -0.39 is 0 Å². The van der Waals surface area contributed by atoms with E-state index in [0.29, 0.717) is 34.2 Å². The van der Waals surface area contributed by atoms with Gasteiger partial charge in [-0.2, -0.15) is 0 Å². The van der Waals surface area contributed by atoms with Gasteiger partial charge in [0.1, 0.15) is 5.82 Å². The molecule has 7 N–H and O–H groups in total. The molecule has 1 aromatic carbocycles. The lowest BCUT2D eigenvalue weighted by Gasteiger charge is -2.29. The van der Waals surface area contributed by atoms with Gasteiger partial charge in [0, 0.05) is 59.8 Å². The lowest BCUT2D eigenvalue weighted by molar-refractivity contribution is 0.0950. The number of aromatic amines is 1. The van der Waals surface area contributed by atoms with E-state index >= 15 is 0 Å². The summed E-state index contributed by atoms with van der Waals surface area (Å²) >= 11 is 0. The number of amides is 1. The quantitative estimate of drug-likeness (QED) is 0.212. The number of pyridine rings is 2. The Morgan fingerprint density at radius 3 is 2.52 bits per heavy atom. The summed E-state index contributed by atoms with van der Waals surface area (Å²) in [4.78, 5) is 33.4. The van der Waals surface area contributed by atoms with Gasteiger partial charge in [-0.1, -0.05) is 37.1 Å². The Morgan fingerprint density at radius 2 is 1.88 bits per heavy atom. The number of hydrogen-bond donors (Lipinski definition) is 6. The van der Waals surface area contributed by atoms with Crippen LogP contribution in [0.15, 0.2) is 41.2 Å². The zero-order valence-electron chi connectivity index (χ0n) is 23.9. The van der Waals surface area contributed by atoms with Crippen molar-refractivity contribution in [3.05, 3.63) is 80.3 Å². The molecule has 212 valence electrons. The first-order valence-corrected chi connectivity index (χ1v) is 14.0. The van der Waals surface area contributed by atoms with E-state index in [0.717, 1.165) is 48.0 Å². The number of benzene rings is 1. The van der Waals surface area contributed by atoms with Gasteiger partial charge in [-0.25, -0.2) is 4.98 Å². The van der Waals surface area contributed by atoms with Crippen LogP contribution < -0.4 is 27.2 Å². The Labute approximate surface area is 235 Å². The number of nitrogens with zero attached hydrogens (tertiary/aromatic N) is 1. The molecule has 9 nitrogen and oxygen atoms in total. The molecule has 0 radical (unpaired) electrons. The minimum Gasteiger partial charge on any atom is -0.367 e. The van der Waals surface area contributed by atoms with Crippen LogP contribution in [0.4, 0.5) is 5.82 Å². The predicted octanol–water partition coefficient (Wildman–Crippen LogP) is 4.16. The number of anilines is 1. The molecule has 1 fully saturated rings. The lowest BCUT2D eigenvalue weighted by Crippen LogP contribution is -2.46. The third-order valence-corrected chi connectivity index (χ3v) is 7.43. The smallest absolute Gasteiger partial charge is 0.253 e. The van der Waals surface area contributed by atoms with E-state index in [9.17, 15) is 9.59 Å². The van der Waals surface area contributed by atoms with Gasteiger partial charge in [0.25, 0.3) is 11.5 Å². The fraction of sp³-hybridized carbons (Fsp3) is 0.419. The van der Waals surface area contributed by atoms with Gasteiger partial charge in [-0.15, -0.1) is 0 Å². The maximum atomic E-state index is 13.4. The average Bonchev–Trinajstić information content (AvgIpc) is 2.91. The molecular weight excluding hydrogens is 502 g/mol. The summed E-state index contributed by atoms with van der Waals surface area (Å²) in [6.07, 6.45) is 5.74. The second-order valence-electron chi connectivity index (χ2n) is 11.0. The Morgan fingerprint density at radius 1 is 1.15 bits per heavy atom. The number of carbonyl (C=O) groups excluding carboxylic acids is 1. The highest BCUT2D eigenvalue weighted by molar-refractivity contribution is 6.05. The topological polar surface area (TPSA) is 149 Å². The van der Waals surface area contributed by atoms with E-state index in [1.807, 2.05) is 45.9 Å².